The number of urea groups is 1. The van der Waals surface area contributed by atoms with Crippen LogP contribution in [-0.4, -0.2) is 42.1 Å². The van der Waals surface area contributed by atoms with E-state index in [0.29, 0.717) is 6.54 Å². The number of carbonyl (C=O) groups is 2. The standard InChI is InChI=1S/C13H18N2O3/c1-3-15(10-9-12(16)17)13(18)14(2)11-7-5-4-6-8-11/h4-8H,3,9-10H2,1-2H3,(H,16,17). The summed E-state index contributed by atoms with van der Waals surface area (Å²) in [6.45, 7) is 2.55. The van der Waals surface area contributed by atoms with Crippen LogP contribution in [0.3, 0.4) is 0 Å². The summed E-state index contributed by atoms with van der Waals surface area (Å²) in [7, 11) is 1.68. The first kappa shape index (κ1) is 14.0. The van der Waals surface area contributed by atoms with Crippen LogP contribution in [0, 0.1) is 0 Å². The molecule has 0 aliphatic heterocycles. The van der Waals surface area contributed by atoms with Gasteiger partial charge in [0.05, 0.1) is 6.42 Å². The van der Waals surface area contributed by atoms with Crippen LogP contribution in [0.15, 0.2) is 30.3 Å². The van der Waals surface area contributed by atoms with Gasteiger partial charge in [0, 0.05) is 25.8 Å². The number of anilines is 1. The number of amides is 2. The number of rotatable bonds is 5. The van der Waals surface area contributed by atoms with Crippen molar-refractivity contribution in [3.8, 4) is 0 Å². The topological polar surface area (TPSA) is 60.9 Å². The Bertz CT molecular complexity index is 406. The van der Waals surface area contributed by atoms with E-state index < -0.39 is 5.97 Å². The molecule has 18 heavy (non-hydrogen) atoms. The van der Waals surface area contributed by atoms with E-state index in [1.807, 2.05) is 37.3 Å². The predicted octanol–water partition coefficient (Wildman–Crippen LogP) is 2.04. The number of aliphatic carboxylic acids is 1. The highest BCUT2D eigenvalue weighted by Crippen LogP contribution is 2.13. The molecule has 0 heterocycles. The van der Waals surface area contributed by atoms with Crippen LogP contribution >= 0.6 is 0 Å². The molecule has 0 aliphatic rings. The number of para-hydroxylation sites is 1. The number of hydrogen-bond acceptors (Lipinski definition) is 2. The first-order valence-corrected chi connectivity index (χ1v) is 5.85. The van der Waals surface area contributed by atoms with Gasteiger partial charge in [-0.05, 0) is 19.1 Å². The van der Waals surface area contributed by atoms with Gasteiger partial charge in [0.2, 0.25) is 0 Å². The average molecular weight is 250 g/mol. The number of benzene rings is 1. The number of carboxylic acid groups (broad SMARTS) is 1. The van der Waals surface area contributed by atoms with E-state index in [4.69, 9.17) is 5.11 Å². The molecule has 0 unspecified atom stereocenters. The molecule has 0 aromatic heterocycles. The molecule has 5 heteroatoms. The highest BCUT2D eigenvalue weighted by atomic mass is 16.4. The van der Waals surface area contributed by atoms with Gasteiger partial charge in [-0.2, -0.15) is 0 Å². The lowest BCUT2D eigenvalue weighted by atomic mass is 10.3. The van der Waals surface area contributed by atoms with Crippen molar-refractivity contribution in [2.75, 3.05) is 25.0 Å². The van der Waals surface area contributed by atoms with Crippen molar-refractivity contribution < 1.29 is 14.7 Å². The SMILES string of the molecule is CCN(CCC(=O)O)C(=O)N(C)c1ccccc1. The lowest BCUT2D eigenvalue weighted by molar-refractivity contribution is -0.137. The molecule has 0 saturated carbocycles. The lowest BCUT2D eigenvalue weighted by Gasteiger charge is -2.26. The van der Waals surface area contributed by atoms with E-state index in [-0.39, 0.29) is 19.0 Å². The van der Waals surface area contributed by atoms with Crippen LogP contribution in [0.1, 0.15) is 13.3 Å². The van der Waals surface area contributed by atoms with Crippen LogP contribution in [0.2, 0.25) is 0 Å². The first-order valence-electron chi connectivity index (χ1n) is 5.85. The van der Waals surface area contributed by atoms with Gasteiger partial charge in [-0.3, -0.25) is 9.69 Å². The van der Waals surface area contributed by atoms with Crippen molar-refractivity contribution >= 4 is 17.7 Å². The summed E-state index contributed by atoms with van der Waals surface area (Å²) in [4.78, 5) is 25.7. The second kappa shape index (κ2) is 6.64. The third kappa shape index (κ3) is 3.76. The second-order valence-electron chi connectivity index (χ2n) is 3.90. The van der Waals surface area contributed by atoms with E-state index in [0.717, 1.165) is 5.69 Å². The Hall–Kier alpha value is -2.04. The lowest BCUT2D eigenvalue weighted by Crippen LogP contribution is -2.42. The Morgan fingerprint density at radius 1 is 1.22 bits per heavy atom. The maximum absolute atomic E-state index is 12.1. The Morgan fingerprint density at radius 3 is 2.33 bits per heavy atom. The molecule has 0 bridgehead atoms. The van der Waals surface area contributed by atoms with Gasteiger partial charge < -0.3 is 10.0 Å². The van der Waals surface area contributed by atoms with Crippen LogP contribution in [0.4, 0.5) is 10.5 Å². The summed E-state index contributed by atoms with van der Waals surface area (Å²) in [6, 6.07) is 9.07. The molecular formula is C13H18N2O3. The molecule has 0 atom stereocenters. The quantitative estimate of drug-likeness (QED) is 0.869. The summed E-state index contributed by atoms with van der Waals surface area (Å²) < 4.78 is 0. The van der Waals surface area contributed by atoms with Gasteiger partial charge in [0.25, 0.3) is 0 Å². The zero-order chi connectivity index (χ0) is 13.5. The maximum Gasteiger partial charge on any atom is 0.324 e. The van der Waals surface area contributed by atoms with E-state index in [1.54, 1.807) is 7.05 Å². The summed E-state index contributed by atoms with van der Waals surface area (Å²) in [5, 5.41) is 8.64. The highest BCUT2D eigenvalue weighted by Gasteiger charge is 2.18. The third-order valence-corrected chi connectivity index (χ3v) is 2.68. The molecule has 1 N–H and O–H groups in total. The minimum Gasteiger partial charge on any atom is -0.481 e. The Kier molecular flexibility index (Phi) is 5.17. The Morgan fingerprint density at radius 2 is 1.83 bits per heavy atom. The van der Waals surface area contributed by atoms with Gasteiger partial charge in [-0.25, -0.2) is 4.79 Å². The van der Waals surface area contributed by atoms with E-state index in [1.165, 1.54) is 9.80 Å². The van der Waals surface area contributed by atoms with Gasteiger partial charge in [-0.1, -0.05) is 18.2 Å². The molecule has 98 valence electrons. The van der Waals surface area contributed by atoms with Crippen molar-refractivity contribution in [1.29, 1.82) is 0 Å². The van der Waals surface area contributed by atoms with Crippen LogP contribution in [0.5, 0.6) is 0 Å². The maximum atomic E-state index is 12.1. The van der Waals surface area contributed by atoms with Gasteiger partial charge >= 0.3 is 12.0 Å². The summed E-state index contributed by atoms with van der Waals surface area (Å²) in [5.41, 5.74) is 0.788. The number of nitrogens with zero attached hydrogens (tertiary/aromatic N) is 2. The zero-order valence-corrected chi connectivity index (χ0v) is 10.7. The fourth-order valence-corrected chi connectivity index (χ4v) is 1.59. The van der Waals surface area contributed by atoms with Crippen molar-refractivity contribution in [2.45, 2.75) is 13.3 Å². The molecule has 1 rings (SSSR count). The van der Waals surface area contributed by atoms with Crippen molar-refractivity contribution in [1.82, 2.24) is 4.90 Å². The van der Waals surface area contributed by atoms with Crippen LogP contribution < -0.4 is 4.90 Å². The van der Waals surface area contributed by atoms with Crippen LogP contribution in [0.25, 0.3) is 0 Å². The molecule has 5 nitrogen and oxygen atoms in total. The Labute approximate surface area is 107 Å². The van der Waals surface area contributed by atoms with Gasteiger partial charge in [0.1, 0.15) is 0 Å². The monoisotopic (exact) mass is 250 g/mol. The van der Waals surface area contributed by atoms with Crippen LogP contribution in [-0.2, 0) is 4.79 Å². The van der Waals surface area contributed by atoms with E-state index in [2.05, 4.69) is 0 Å². The minimum atomic E-state index is -0.899. The van der Waals surface area contributed by atoms with Crippen molar-refractivity contribution in [3.63, 3.8) is 0 Å². The molecule has 0 spiro atoms. The zero-order valence-electron chi connectivity index (χ0n) is 10.7. The van der Waals surface area contributed by atoms with E-state index in [9.17, 15) is 9.59 Å². The first-order chi connectivity index (χ1) is 8.56. The molecule has 1 aromatic rings. The van der Waals surface area contributed by atoms with Gasteiger partial charge in [-0.15, -0.1) is 0 Å². The molecule has 2 amide bonds. The number of carbonyl (C=O) groups excluding carboxylic acids is 1. The van der Waals surface area contributed by atoms with E-state index >= 15 is 0 Å². The second-order valence-corrected chi connectivity index (χ2v) is 3.90. The fourth-order valence-electron chi connectivity index (χ4n) is 1.59. The highest BCUT2D eigenvalue weighted by molar-refractivity contribution is 5.91. The largest absolute Gasteiger partial charge is 0.481 e. The number of carboxylic acids is 1. The Balaban J connectivity index is 2.69. The molecule has 0 fully saturated rings. The average Bonchev–Trinajstić information content (AvgIpc) is 2.39. The smallest absolute Gasteiger partial charge is 0.324 e. The molecule has 0 radical (unpaired) electrons. The third-order valence-electron chi connectivity index (χ3n) is 2.68. The van der Waals surface area contributed by atoms with Gasteiger partial charge in [0.15, 0.2) is 0 Å². The summed E-state index contributed by atoms with van der Waals surface area (Å²) >= 11 is 0. The molecule has 0 saturated heterocycles. The number of hydrogen-bond donors (Lipinski definition) is 1. The fraction of sp³-hybridized carbons (Fsp3) is 0.385. The minimum absolute atomic E-state index is 0.0395. The van der Waals surface area contributed by atoms with Crippen molar-refractivity contribution in [3.05, 3.63) is 30.3 Å². The summed E-state index contributed by atoms with van der Waals surface area (Å²) in [5.74, 6) is -0.899. The van der Waals surface area contributed by atoms with Crippen molar-refractivity contribution in [2.24, 2.45) is 0 Å². The molecule has 1 aromatic carbocycles. The predicted molar refractivity (Wildman–Crippen MR) is 69.7 cm³/mol. The molecule has 0 aliphatic carbocycles. The molecular weight excluding hydrogens is 232 g/mol. The normalized spacial score (nSPS) is 9.89. The summed E-state index contributed by atoms with van der Waals surface area (Å²) in [6.07, 6.45) is -0.0395.